The third-order valence-electron chi connectivity index (χ3n) is 3.57. The first-order chi connectivity index (χ1) is 12.5. The maximum absolute atomic E-state index is 12.1. The molecule has 0 aliphatic rings. The number of benzene rings is 1. The van der Waals surface area contributed by atoms with Crippen molar-refractivity contribution in [1.29, 1.82) is 0 Å². The first-order valence-electron chi connectivity index (χ1n) is 8.40. The first-order valence-corrected chi connectivity index (χ1v) is 8.78. The normalized spacial score (nSPS) is 10.9. The average Bonchev–Trinajstić information content (AvgIpc) is 3.00. The van der Waals surface area contributed by atoms with Gasteiger partial charge in [0, 0.05) is 26.6 Å². The highest BCUT2D eigenvalue weighted by Crippen LogP contribution is 2.22. The minimum absolute atomic E-state index is 0. The van der Waals surface area contributed by atoms with Crippen LogP contribution in [0.1, 0.15) is 24.7 Å². The van der Waals surface area contributed by atoms with E-state index in [2.05, 4.69) is 31.0 Å². The Hall–Kier alpha value is -1.88. The third kappa shape index (κ3) is 7.71. The quantitative estimate of drug-likeness (QED) is 0.305. The van der Waals surface area contributed by atoms with Crippen LogP contribution in [0.2, 0.25) is 5.02 Å². The second-order valence-corrected chi connectivity index (χ2v) is 6.11. The summed E-state index contributed by atoms with van der Waals surface area (Å²) in [6, 6.07) is 5.52. The van der Waals surface area contributed by atoms with E-state index in [1.807, 2.05) is 33.0 Å². The lowest BCUT2D eigenvalue weighted by atomic mass is 10.2. The Morgan fingerprint density at radius 3 is 2.74 bits per heavy atom. The molecule has 2 aromatic rings. The predicted molar refractivity (Wildman–Crippen MR) is 119 cm³/mol. The Labute approximate surface area is 181 Å². The summed E-state index contributed by atoms with van der Waals surface area (Å²) in [5, 5.41) is 13.6. The Morgan fingerprint density at radius 2 is 2.11 bits per heavy atom. The maximum Gasteiger partial charge on any atom is 0.226 e. The van der Waals surface area contributed by atoms with Crippen LogP contribution in [0.5, 0.6) is 0 Å². The maximum atomic E-state index is 12.1. The zero-order chi connectivity index (χ0) is 18.9. The molecule has 1 heterocycles. The van der Waals surface area contributed by atoms with E-state index in [-0.39, 0.29) is 29.9 Å². The van der Waals surface area contributed by atoms with Gasteiger partial charge in [0.2, 0.25) is 5.91 Å². The molecule has 2 rings (SSSR count). The highest BCUT2D eigenvalue weighted by atomic mass is 127. The summed E-state index contributed by atoms with van der Waals surface area (Å²) in [5.74, 6) is 1.26. The molecule has 3 N–H and O–H groups in total. The Bertz CT molecular complexity index is 778. The van der Waals surface area contributed by atoms with E-state index in [0.717, 1.165) is 17.9 Å². The van der Waals surface area contributed by atoms with Crippen LogP contribution in [0.25, 0.3) is 0 Å². The Kier molecular flexibility index (Phi) is 10.1. The lowest BCUT2D eigenvalue weighted by molar-refractivity contribution is -0.116. The van der Waals surface area contributed by atoms with Gasteiger partial charge in [-0.05, 0) is 31.5 Å². The van der Waals surface area contributed by atoms with Crippen molar-refractivity contribution in [2.45, 2.75) is 26.8 Å². The smallest absolute Gasteiger partial charge is 0.226 e. The van der Waals surface area contributed by atoms with Crippen LogP contribution in [0.15, 0.2) is 29.5 Å². The van der Waals surface area contributed by atoms with Gasteiger partial charge in [0.1, 0.15) is 18.7 Å². The van der Waals surface area contributed by atoms with E-state index >= 15 is 0 Å². The van der Waals surface area contributed by atoms with Gasteiger partial charge < -0.3 is 16.0 Å². The highest BCUT2D eigenvalue weighted by molar-refractivity contribution is 14.0. The fourth-order valence-electron chi connectivity index (χ4n) is 2.18. The molecular formula is C17H25ClIN7O. The Morgan fingerprint density at radius 1 is 1.33 bits per heavy atom. The molecule has 0 radical (unpaired) electrons. The highest BCUT2D eigenvalue weighted by Gasteiger charge is 2.07. The van der Waals surface area contributed by atoms with Crippen molar-refractivity contribution in [3.05, 3.63) is 40.9 Å². The van der Waals surface area contributed by atoms with Gasteiger partial charge in [0.25, 0.3) is 0 Å². The number of aryl methyl sites for hydroxylation is 2. The molecule has 0 bridgehead atoms. The zero-order valence-electron chi connectivity index (χ0n) is 15.6. The number of carbonyl (C=O) groups is 1. The van der Waals surface area contributed by atoms with Gasteiger partial charge in [-0.15, -0.1) is 24.0 Å². The number of hydrogen-bond acceptors (Lipinski definition) is 4. The number of carbonyl (C=O) groups excluding carboxylic acids is 1. The molecule has 1 aromatic carbocycles. The molecule has 0 unspecified atom stereocenters. The minimum atomic E-state index is -0.118. The molecule has 0 fully saturated rings. The molecule has 10 heteroatoms. The summed E-state index contributed by atoms with van der Waals surface area (Å²) >= 11 is 6.13. The lowest BCUT2D eigenvalue weighted by Gasteiger charge is -2.12. The first kappa shape index (κ1) is 23.2. The van der Waals surface area contributed by atoms with Crippen LogP contribution >= 0.6 is 35.6 Å². The van der Waals surface area contributed by atoms with E-state index in [9.17, 15) is 4.79 Å². The summed E-state index contributed by atoms with van der Waals surface area (Å²) in [7, 11) is 1.82. The number of anilines is 1. The van der Waals surface area contributed by atoms with Crippen molar-refractivity contribution in [2.24, 2.45) is 12.0 Å². The van der Waals surface area contributed by atoms with Gasteiger partial charge in [-0.25, -0.2) is 9.98 Å². The molecule has 0 atom stereocenters. The summed E-state index contributed by atoms with van der Waals surface area (Å²) in [5.41, 5.74) is 1.66. The number of rotatable bonds is 7. The second kappa shape index (κ2) is 11.8. The largest absolute Gasteiger partial charge is 0.357 e. The topological polar surface area (TPSA) is 96.2 Å². The summed E-state index contributed by atoms with van der Waals surface area (Å²) in [6.45, 7) is 5.49. The monoisotopic (exact) mass is 505 g/mol. The summed E-state index contributed by atoms with van der Waals surface area (Å²) in [6.07, 6.45) is 1.78. The number of nitrogens with one attached hydrogen (secondary N) is 3. The molecule has 1 aromatic heterocycles. The van der Waals surface area contributed by atoms with Crippen LogP contribution in [0, 0.1) is 6.92 Å². The zero-order valence-corrected chi connectivity index (χ0v) is 18.7. The number of hydrogen-bond donors (Lipinski definition) is 3. The number of aliphatic imine (C=N–C) groups is 1. The van der Waals surface area contributed by atoms with E-state index in [1.165, 1.54) is 6.33 Å². The molecule has 0 aliphatic carbocycles. The predicted octanol–water partition coefficient (Wildman–Crippen LogP) is 2.48. The van der Waals surface area contributed by atoms with Crippen LogP contribution in [-0.2, 0) is 18.4 Å². The van der Waals surface area contributed by atoms with Crippen molar-refractivity contribution in [1.82, 2.24) is 25.4 Å². The van der Waals surface area contributed by atoms with Crippen molar-refractivity contribution in [3.63, 3.8) is 0 Å². The molecule has 0 aliphatic heterocycles. The van der Waals surface area contributed by atoms with Gasteiger partial charge in [-0.2, -0.15) is 5.10 Å². The standard InChI is InChI=1S/C17H24ClN7O.HI/c1-4-19-17(21-10-15-22-11-23-25(15)3)20-8-7-16(26)24-14-6-5-12(2)9-13(14)18;/h5-6,9,11H,4,7-8,10H2,1-3H3,(H,24,26)(H2,19,20,21);1H. The van der Waals surface area contributed by atoms with Crippen LogP contribution in [-0.4, -0.2) is 39.7 Å². The van der Waals surface area contributed by atoms with E-state index in [4.69, 9.17) is 11.6 Å². The number of guanidine groups is 1. The van der Waals surface area contributed by atoms with Gasteiger partial charge in [0.05, 0.1) is 10.7 Å². The fraction of sp³-hybridized carbons (Fsp3) is 0.412. The van der Waals surface area contributed by atoms with Crippen LogP contribution in [0.4, 0.5) is 5.69 Å². The number of amides is 1. The number of halogens is 2. The molecule has 27 heavy (non-hydrogen) atoms. The molecule has 148 valence electrons. The van der Waals surface area contributed by atoms with Gasteiger partial charge >= 0.3 is 0 Å². The lowest BCUT2D eigenvalue weighted by Crippen LogP contribution is -2.38. The number of aromatic nitrogens is 3. The van der Waals surface area contributed by atoms with E-state index in [1.54, 1.807) is 10.7 Å². The van der Waals surface area contributed by atoms with Crippen LogP contribution < -0.4 is 16.0 Å². The fourth-order valence-corrected chi connectivity index (χ4v) is 2.47. The van der Waals surface area contributed by atoms with Crippen molar-refractivity contribution < 1.29 is 4.79 Å². The molecule has 0 saturated carbocycles. The average molecular weight is 506 g/mol. The van der Waals surface area contributed by atoms with Gasteiger partial charge in [0.15, 0.2) is 5.96 Å². The SMILES string of the molecule is CCNC(=NCc1ncnn1C)NCCC(=O)Nc1ccc(C)cc1Cl.I. The van der Waals surface area contributed by atoms with Crippen molar-refractivity contribution in [3.8, 4) is 0 Å². The molecule has 0 saturated heterocycles. The van der Waals surface area contributed by atoms with Gasteiger partial charge in [-0.3, -0.25) is 9.48 Å². The minimum Gasteiger partial charge on any atom is -0.357 e. The van der Waals surface area contributed by atoms with Gasteiger partial charge in [-0.1, -0.05) is 17.7 Å². The Balaban J connectivity index is 0.00000364. The molecular weight excluding hydrogens is 481 g/mol. The molecule has 1 amide bonds. The van der Waals surface area contributed by atoms with E-state index in [0.29, 0.717) is 36.2 Å². The number of nitrogens with zero attached hydrogens (tertiary/aromatic N) is 4. The summed E-state index contributed by atoms with van der Waals surface area (Å²) in [4.78, 5) is 20.7. The second-order valence-electron chi connectivity index (χ2n) is 5.70. The molecule has 0 spiro atoms. The third-order valence-corrected chi connectivity index (χ3v) is 3.88. The van der Waals surface area contributed by atoms with Crippen molar-refractivity contribution >= 4 is 53.1 Å². The van der Waals surface area contributed by atoms with E-state index < -0.39 is 0 Å². The van der Waals surface area contributed by atoms with Crippen molar-refractivity contribution in [2.75, 3.05) is 18.4 Å². The molecule has 8 nitrogen and oxygen atoms in total. The van der Waals surface area contributed by atoms with Crippen LogP contribution in [0.3, 0.4) is 0 Å². The summed E-state index contributed by atoms with van der Waals surface area (Å²) < 4.78 is 1.67.